The van der Waals surface area contributed by atoms with Crippen molar-refractivity contribution in [1.82, 2.24) is 10.3 Å². The summed E-state index contributed by atoms with van der Waals surface area (Å²) in [5, 5.41) is 6.20. The van der Waals surface area contributed by atoms with E-state index in [1.54, 1.807) is 18.2 Å². The Bertz CT molecular complexity index is 1010. The number of pyridine rings is 1. The normalized spacial score (nSPS) is 11.2. The van der Waals surface area contributed by atoms with Crippen molar-refractivity contribution in [1.29, 1.82) is 0 Å². The third-order valence-electron chi connectivity index (χ3n) is 4.09. The molecule has 0 aliphatic heterocycles. The number of rotatable bonds is 6. The van der Waals surface area contributed by atoms with E-state index in [0.29, 0.717) is 18.0 Å². The number of aromatic nitrogens is 1. The summed E-state index contributed by atoms with van der Waals surface area (Å²) in [4.78, 5) is 16.6. The molecule has 0 saturated heterocycles. The van der Waals surface area contributed by atoms with Crippen molar-refractivity contribution in [3.05, 3.63) is 88.6 Å². The fourth-order valence-corrected chi connectivity index (χ4v) is 2.92. The van der Waals surface area contributed by atoms with Crippen LogP contribution >= 0.6 is 11.6 Å². The summed E-state index contributed by atoms with van der Waals surface area (Å²) in [5.41, 5.74) is 0.611. The number of nitrogens with one attached hydrogen (secondary N) is 2. The molecule has 8 heteroatoms. The van der Waals surface area contributed by atoms with E-state index in [0.717, 1.165) is 17.7 Å². The van der Waals surface area contributed by atoms with Crippen LogP contribution in [0, 0.1) is 0 Å². The third-order valence-corrected chi connectivity index (χ3v) is 4.33. The number of hydrogen-bond donors (Lipinski definition) is 2. The lowest BCUT2D eigenvalue weighted by molar-refractivity contribution is -0.137. The molecule has 0 aliphatic rings. The van der Waals surface area contributed by atoms with E-state index in [1.165, 1.54) is 18.3 Å². The van der Waals surface area contributed by atoms with Crippen LogP contribution in [0.15, 0.2) is 66.9 Å². The molecular weight excluding hydrogens is 403 g/mol. The van der Waals surface area contributed by atoms with Crippen LogP contribution in [-0.4, -0.2) is 17.4 Å². The van der Waals surface area contributed by atoms with Gasteiger partial charge in [0.1, 0.15) is 5.82 Å². The standard InChI is InChI=1S/C21H17ClF3N3O/c22-16-6-1-4-14(12-16)9-11-27-20(29)18-8-3-10-26-19(18)28-17-7-2-5-15(13-17)21(23,24)25/h1-8,10,12-13H,9,11H2,(H,26,28)(H,27,29). The summed E-state index contributed by atoms with van der Waals surface area (Å²) < 4.78 is 38.7. The molecule has 3 rings (SSSR count). The maximum atomic E-state index is 12.9. The number of halogens is 4. The predicted molar refractivity (Wildman–Crippen MR) is 106 cm³/mol. The van der Waals surface area contributed by atoms with E-state index in [9.17, 15) is 18.0 Å². The van der Waals surface area contributed by atoms with Gasteiger partial charge >= 0.3 is 6.18 Å². The Kier molecular flexibility index (Phi) is 6.39. The van der Waals surface area contributed by atoms with Gasteiger partial charge in [-0.15, -0.1) is 0 Å². The first-order valence-electron chi connectivity index (χ1n) is 8.75. The third kappa shape index (κ3) is 5.71. The van der Waals surface area contributed by atoms with Crippen LogP contribution in [0.2, 0.25) is 5.02 Å². The zero-order chi connectivity index (χ0) is 20.9. The van der Waals surface area contributed by atoms with Crippen molar-refractivity contribution in [2.45, 2.75) is 12.6 Å². The Morgan fingerprint density at radius 3 is 2.59 bits per heavy atom. The average molecular weight is 420 g/mol. The predicted octanol–water partition coefficient (Wildman–Crippen LogP) is 5.47. The molecule has 0 aliphatic carbocycles. The van der Waals surface area contributed by atoms with Gasteiger partial charge in [-0.3, -0.25) is 4.79 Å². The Balaban J connectivity index is 1.69. The number of hydrogen-bond acceptors (Lipinski definition) is 3. The van der Waals surface area contributed by atoms with Crippen LogP contribution in [0.4, 0.5) is 24.7 Å². The van der Waals surface area contributed by atoms with E-state index in [2.05, 4.69) is 15.6 Å². The molecule has 4 nitrogen and oxygen atoms in total. The number of amides is 1. The maximum Gasteiger partial charge on any atom is 0.416 e. The lowest BCUT2D eigenvalue weighted by Crippen LogP contribution is -2.26. The number of carbonyl (C=O) groups excluding carboxylic acids is 1. The Morgan fingerprint density at radius 2 is 1.83 bits per heavy atom. The van der Waals surface area contributed by atoms with Crippen molar-refractivity contribution in [2.75, 3.05) is 11.9 Å². The molecule has 150 valence electrons. The molecular formula is C21H17ClF3N3O. The van der Waals surface area contributed by atoms with Gasteiger partial charge in [-0.05, 0) is 54.4 Å². The van der Waals surface area contributed by atoms with Gasteiger partial charge in [-0.1, -0.05) is 29.8 Å². The Hall–Kier alpha value is -3.06. The lowest BCUT2D eigenvalue weighted by atomic mass is 10.1. The van der Waals surface area contributed by atoms with Gasteiger partial charge in [0.05, 0.1) is 11.1 Å². The first-order valence-corrected chi connectivity index (χ1v) is 9.13. The second-order valence-corrected chi connectivity index (χ2v) is 6.68. The van der Waals surface area contributed by atoms with Gasteiger partial charge in [-0.2, -0.15) is 13.2 Å². The van der Waals surface area contributed by atoms with Crippen LogP contribution in [0.25, 0.3) is 0 Å². The van der Waals surface area contributed by atoms with Crippen molar-refractivity contribution in [3.63, 3.8) is 0 Å². The first kappa shape index (κ1) is 20.7. The Morgan fingerprint density at radius 1 is 1.03 bits per heavy atom. The molecule has 1 heterocycles. The molecule has 0 unspecified atom stereocenters. The molecule has 0 fully saturated rings. The smallest absolute Gasteiger partial charge is 0.352 e. The van der Waals surface area contributed by atoms with Crippen LogP contribution < -0.4 is 10.6 Å². The summed E-state index contributed by atoms with van der Waals surface area (Å²) in [6, 6.07) is 15.2. The highest BCUT2D eigenvalue weighted by molar-refractivity contribution is 6.30. The summed E-state index contributed by atoms with van der Waals surface area (Å²) in [6.45, 7) is 0.372. The maximum absolute atomic E-state index is 12.9. The fraction of sp³-hybridized carbons (Fsp3) is 0.143. The van der Waals surface area contributed by atoms with Gasteiger partial charge in [-0.25, -0.2) is 4.98 Å². The van der Waals surface area contributed by atoms with Crippen LogP contribution in [0.1, 0.15) is 21.5 Å². The van der Waals surface area contributed by atoms with Gasteiger partial charge in [0.2, 0.25) is 0 Å². The van der Waals surface area contributed by atoms with Gasteiger partial charge in [0.15, 0.2) is 0 Å². The highest BCUT2D eigenvalue weighted by atomic mass is 35.5. The fourth-order valence-electron chi connectivity index (χ4n) is 2.71. The molecule has 29 heavy (non-hydrogen) atoms. The molecule has 2 aromatic carbocycles. The number of nitrogens with zero attached hydrogens (tertiary/aromatic N) is 1. The number of anilines is 2. The molecule has 2 N–H and O–H groups in total. The summed E-state index contributed by atoms with van der Waals surface area (Å²) in [5.74, 6) is -0.207. The highest BCUT2D eigenvalue weighted by Gasteiger charge is 2.30. The quantitative estimate of drug-likeness (QED) is 0.557. The van der Waals surface area contributed by atoms with Crippen LogP contribution in [0.5, 0.6) is 0 Å². The second-order valence-electron chi connectivity index (χ2n) is 6.24. The van der Waals surface area contributed by atoms with E-state index in [1.807, 2.05) is 18.2 Å². The molecule has 0 saturated carbocycles. The van der Waals surface area contributed by atoms with E-state index >= 15 is 0 Å². The molecule has 0 bridgehead atoms. The summed E-state index contributed by atoms with van der Waals surface area (Å²) in [7, 11) is 0. The second kappa shape index (κ2) is 8.96. The first-order chi connectivity index (χ1) is 13.8. The van der Waals surface area contributed by atoms with Crippen molar-refractivity contribution in [2.24, 2.45) is 0 Å². The minimum Gasteiger partial charge on any atom is -0.352 e. The number of benzene rings is 2. The van der Waals surface area contributed by atoms with Crippen molar-refractivity contribution in [3.8, 4) is 0 Å². The SMILES string of the molecule is O=C(NCCc1cccc(Cl)c1)c1cccnc1Nc1cccc(C(F)(F)F)c1. The minimum absolute atomic E-state index is 0.173. The molecule has 0 spiro atoms. The van der Waals surface area contributed by atoms with Crippen LogP contribution in [-0.2, 0) is 12.6 Å². The number of alkyl halides is 3. The average Bonchev–Trinajstić information content (AvgIpc) is 2.68. The summed E-state index contributed by atoms with van der Waals surface area (Å²) >= 11 is 5.94. The minimum atomic E-state index is -4.46. The van der Waals surface area contributed by atoms with Crippen LogP contribution in [0.3, 0.4) is 0 Å². The van der Waals surface area contributed by atoms with Crippen molar-refractivity contribution < 1.29 is 18.0 Å². The highest BCUT2D eigenvalue weighted by Crippen LogP contribution is 2.31. The van der Waals surface area contributed by atoms with E-state index in [4.69, 9.17) is 11.6 Å². The monoisotopic (exact) mass is 419 g/mol. The van der Waals surface area contributed by atoms with Gasteiger partial charge < -0.3 is 10.6 Å². The van der Waals surface area contributed by atoms with Crippen molar-refractivity contribution >= 4 is 29.0 Å². The molecule has 0 radical (unpaired) electrons. The zero-order valence-corrected chi connectivity index (χ0v) is 15.9. The topological polar surface area (TPSA) is 54.0 Å². The zero-order valence-electron chi connectivity index (χ0n) is 15.1. The molecule has 1 aromatic heterocycles. The summed E-state index contributed by atoms with van der Waals surface area (Å²) in [6.07, 6.45) is -2.41. The Labute approximate surface area is 170 Å². The largest absolute Gasteiger partial charge is 0.416 e. The molecule has 0 atom stereocenters. The number of carbonyl (C=O) groups is 1. The van der Waals surface area contributed by atoms with E-state index < -0.39 is 11.7 Å². The lowest BCUT2D eigenvalue weighted by Gasteiger charge is -2.13. The van der Waals surface area contributed by atoms with Gasteiger partial charge in [0, 0.05) is 23.5 Å². The molecule has 1 amide bonds. The van der Waals surface area contributed by atoms with Gasteiger partial charge in [0.25, 0.3) is 5.91 Å². The molecule has 3 aromatic rings. The van der Waals surface area contributed by atoms with E-state index in [-0.39, 0.29) is 23.0 Å².